The van der Waals surface area contributed by atoms with E-state index in [4.69, 9.17) is 0 Å². The minimum absolute atomic E-state index is 0.0514. The molecule has 0 radical (unpaired) electrons. The molecule has 2 N–H and O–H groups in total. The largest absolute Gasteiger partial charge is 0.465 e. The van der Waals surface area contributed by atoms with Crippen LogP contribution in [0.15, 0.2) is 29.1 Å². The summed E-state index contributed by atoms with van der Waals surface area (Å²) in [5, 5.41) is 2.49. The number of aromatic amines is 1. The summed E-state index contributed by atoms with van der Waals surface area (Å²) in [6, 6.07) is 3.33. The number of nitrogens with zero attached hydrogens (tertiary/aromatic N) is 2. The molecule has 7 nitrogen and oxygen atoms in total. The topological polar surface area (TPSA) is 97.0 Å². The number of pyridine rings is 1. The Morgan fingerprint density at radius 1 is 1.23 bits per heavy atom. The number of H-pyrrole nitrogens is 1. The van der Waals surface area contributed by atoms with Crippen LogP contribution < -0.4 is 10.9 Å². The van der Waals surface area contributed by atoms with Crippen molar-refractivity contribution >= 4 is 22.7 Å². The maximum absolute atomic E-state index is 14.3. The maximum Gasteiger partial charge on any atom is 0.433 e. The Balaban J connectivity index is 2.07. The number of aryl methyl sites for hydroxylation is 1. The summed E-state index contributed by atoms with van der Waals surface area (Å²) in [7, 11) is 1.14. The van der Waals surface area contributed by atoms with Crippen LogP contribution in [-0.4, -0.2) is 28.0 Å². The van der Waals surface area contributed by atoms with Gasteiger partial charge in [-0.2, -0.15) is 13.2 Å². The lowest BCUT2D eigenvalue weighted by Crippen LogP contribution is -2.20. The quantitative estimate of drug-likeness (QED) is 0.489. The SMILES string of the molecule is COC(=O)c1ccc(N[C@H](C)c2cc3c(=O)[nH]c(C)nc3nc2C(F)(F)F)c(F)c1. The van der Waals surface area contributed by atoms with Crippen LogP contribution in [-0.2, 0) is 10.9 Å². The molecule has 3 aromatic rings. The highest BCUT2D eigenvalue weighted by Crippen LogP contribution is 2.35. The first-order valence-electron chi connectivity index (χ1n) is 8.64. The second-order valence-corrected chi connectivity index (χ2v) is 6.50. The zero-order chi connectivity index (χ0) is 22.2. The van der Waals surface area contributed by atoms with Crippen LogP contribution in [0, 0.1) is 12.7 Å². The van der Waals surface area contributed by atoms with Gasteiger partial charge in [0.1, 0.15) is 11.6 Å². The Morgan fingerprint density at radius 3 is 2.53 bits per heavy atom. The van der Waals surface area contributed by atoms with E-state index in [0.717, 1.165) is 19.2 Å². The first kappa shape index (κ1) is 21.2. The predicted molar refractivity (Wildman–Crippen MR) is 99.7 cm³/mol. The number of carbonyl (C=O) groups is 1. The molecule has 1 atom stereocenters. The predicted octanol–water partition coefficient (Wildman–Crippen LogP) is 3.74. The van der Waals surface area contributed by atoms with Crippen LogP contribution in [0.1, 0.15) is 40.4 Å². The van der Waals surface area contributed by atoms with Crippen LogP contribution in [0.4, 0.5) is 23.2 Å². The van der Waals surface area contributed by atoms with E-state index >= 15 is 0 Å². The fourth-order valence-electron chi connectivity index (χ4n) is 2.93. The van der Waals surface area contributed by atoms with Gasteiger partial charge in [0.15, 0.2) is 11.3 Å². The monoisotopic (exact) mass is 424 g/mol. The van der Waals surface area contributed by atoms with Gasteiger partial charge in [-0.15, -0.1) is 0 Å². The van der Waals surface area contributed by atoms with Gasteiger partial charge < -0.3 is 15.0 Å². The van der Waals surface area contributed by atoms with Crippen LogP contribution >= 0.6 is 0 Å². The summed E-state index contributed by atoms with van der Waals surface area (Å²) < 4.78 is 59.7. The summed E-state index contributed by atoms with van der Waals surface area (Å²) in [5.41, 5.74) is -2.76. The summed E-state index contributed by atoms with van der Waals surface area (Å²) >= 11 is 0. The Hall–Kier alpha value is -3.50. The van der Waals surface area contributed by atoms with Crippen LogP contribution in [0.3, 0.4) is 0 Å². The molecule has 158 valence electrons. The Kier molecular flexibility index (Phi) is 5.47. The molecule has 3 rings (SSSR count). The van der Waals surface area contributed by atoms with E-state index in [1.54, 1.807) is 0 Å². The van der Waals surface area contributed by atoms with Crippen molar-refractivity contribution in [2.24, 2.45) is 0 Å². The van der Waals surface area contributed by atoms with E-state index in [-0.39, 0.29) is 33.7 Å². The first-order chi connectivity index (χ1) is 14.0. The van der Waals surface area contributed by atoms with Crippen molar-refractivity contribution in [3.8, 4) is 0 Å². The lowest BCUT2D eigenvalue weighted by molar-refractivity contribution is -0.141. The normalized spacial score (nSPS) is 12.6. The Bertz CT molecular complexity index is 1190. The smallest absolute Gasteiger partial charge is 0.433 e. The van der Waals surface area contributed by atoms with Gasteiger partial charge in [-0.25, -0.2) is 19.2 Å². The van der Waals surface area contributed by atoms with Gasteiger partial charge in [-0.3, -0.25) is 4.79 Å². The van der Waals surface area contributed by atoms with Crippen LogP contribution in [0.2, 0.25) is 0 Å². The van der Waals surface area contributed by atoms with Crippen molar-refractivity contribution in [3.05, 3.63) is 63.1 Å². The lowest BCUT2D eigenvalue weighted by Gasteiger charge is -2.20. The zero-order valence-corrected chi connectivity index (χ0v) is 16.0. The highest BCUT2D eigenvalue weighted by atomic mass is 19.4. The van der Waals surface area contributed by atoms with Crippen molar-refractivity contribution in [3.63, 3.8) is 0 Å². The molecule has 0 aliphatic carbocycles. The summed E-state index contributed by atoms with van der Waals surface area (Å²) in [5.74, 6) is -1.49. The van der Waals surface area contributed by atoms with Crippen molar-refractivity contribution in [2.45, 2.75) is 26.1 Å². The van der Waals surface area contributed by atoms with Gasteiger partial charge in [-0.1, -0.05) is 0 Å². The number of ether oxygens (including phenoxy) is 1. The summed E-state index contributed by atoms with van der Waals surface area (Å²) in [6.07, 6.45) is -4.83. The van der Waals surface area contributed by atoms with Gasteiger partial charge >= 0.3 is 12.1 Å². The number of aromatic nitrogens is 3. The molecule has 0 bridgehead atoms. The highest BCUT2D eigenvalue weighted by Gasteiger charge is 2.37. The zero-order valence-electron chi connectivity index (χ0n) is 16.0. The first-order valence-corrected chi connectivity index (χ1v) is 8.64. The highest BCUT2D eigenvalue weighted by molar-refractivity contribution is 5.89. The minimum Gasteiger partial charge on any atom is -0.465 e. The molecule has 0 spiro atoms. The van der Waals surface area contributed by atoms with Gasteiger partial charge in [0, 0.05) is 5.56 Å². The molecule has 0 saturated carbocycles. The van der Waals surface area contributed by atoms with Crippen LogP contribution in [0.25, 0.3) is 11.0 Å². The third kappa shape index (κ3) is 4.09. The van der Waals surface area contributed by atoms with Gasteiger partial charge in [0.25, 0.3) is 5.56 Å². The average Bonchev–Trinajstić information content (AvgIpc) is 2.67. The van der Waals surface area contributed by atoms with E-state index in [0.29, 0.717) is 0 Å². The summed E-state index contributed by atoms with van der Waals surface area (Å²) in [6.45, 7) is 2.79. The number of nitrogens with one attached hydrogen (secondary N) is 2. The number of carbonyl (C=O) groups excluding carboxylic acids is 1. The number of hydrogen-bond acceptors (Lipinski definition) is 6. The molecule has 2 aromatic heterocycles. The molecule has 0 aliphatic rings. The standard InChI is InChI=1S/C19H16F4N4O3/c1-8(24-14-5-4-10(6-13(14)20)18(29)30-3)11-7-12-16(25-9(2)26-17(12)28)27-15(11)19(21,22)23/h4-8,24H,1-3H3,(H,25,26,27,28)/t8-/m1/s1. The minimum atomic E-state index is -4.83. The fourth-order valence-corrected chi connectivity index (χ4v) is 2.93. The molecule has 0 unspecified atom stereocenters. The molecular formula is C19H16F4N4O3. The number of halogens is 4. The fraction of sp³-hybridized carbons (Fsp3) is 0.263. The molecule has 0 fully saturated rings. The number of benzene rings is 1. The lowest BCUT2D eigenvalue weighted by atomic mass is 10.0. The van der Waals surface area contributed by atoms with Crippen molar-refractivity contribution in [2.75, 3.05) is 12.4 Å². The van der Waals surface area contributed by atoms with E-state index in [1.165, 1.54) is 26.0 Å². The molecular weight excluding hydrogens is 408 g/mol. The van der Waals surface area contributed by atoms with Crippen molar-refractivity contribution < 1.29 is 27.1 Å². The number of alkyl halides is 3. The number of esters is 1. The summed E-state index contributed by atoms with van der Waals surface area (Å²) in [4.78, 5) is 33.4. The third-order valence-corrected chi connectivity index (χ3v) is 4.34. The number of anilines is 1. The number of fused-ring (bicyclic) bond motifs is 1. The van der Waals surface area contributed by atoms with E-state index in [1.807, 2.05) is 0 Å². The molecule has 2 heterocycles. The van der Waals surface area contributed by atoms with Crippen molar-refractivity contribution in [1.29, 1.82) is 0 Å². The second-order valence-electron chi connectivity index (χ2n) is 6.50. The van der Waals surface area contributed by atoms with Gasteiger partial charge in [-0.05, 0) is 38.1 Å². The average molecular weight is 424 g/mol. The molecule has 0 amide bonds. The Labute approximate surface area is 167 Å². The number of rotatable bonds is 4. The van der Waals surface area contributed by atoms with E-state index in [2.05, 4.69) is 25.0 Å². The third-order valence-electron chi connectivity index (χ3n) is 4.34. The number of methoxy groups -OCH3 is 1. The maximum atomic E-state index is 14.3. The molecule has 30 heavy (non-hydrogen) atoms. The molecule has 1 aromatic carbocycles. The van der Waals surface area contributed by atoms with Crippen LogP contribution in [0.5, 0.6) is 0 Å². The van der Waals surface area contributed by atoms with Gasteiger partial charge in [0.2, 0.25) is 0 Å². The number of hydrogen-bond donors (Lipinski definition) is 2. The van der Waals surface area contributed by atoms with Gasteiger partial charge in [0.05, 0.1) is 29.8 Å². The second kappa shape index (κ2) is 7.73. The van der Waals surface area contributed by atoms with E-state index in [9.17, 15) is 27.2 Å². The van der Waals surface area contributed by atoms with E-state index < -0.39 is 35.3 Å². The molecule has 0 saturated heterocycles. The van der Waals surface area contributed by atoms with Crippen molar-refractivity contribution in [1.82, 2.24) is 15.0 Å². The molecule has 0 aliphatic heterocycles. The molecule has 11 heteroatoms. The Morgan fingerprint density at radius 2 is 1.93 bits per heavy atom.